The van der Waals surface area contributed by atoms with Crippen LogP contribution in [0.2, 0.25) is 0 Å². The fourth-order valence-corrected chi connectivity index (χ4v) is 12.5. The van der Waals surface area contributed by atoms with Crippen LogP contribution in [0.5, 0.6) is 11.5 Å². The maximum Gasteiger partial charge on any atom is 0.309 e. The highest BCUT2D eigenvalue weighted by molar-refractivity contribution is 5.85. The summed E-state index contributed by atoms with van der Waals surface area (Å²) in [4.78, 5) is 21.3. The number of H-pyrrole nitrogens is 1. The van der Waals surface area contributed by atoms with Gasteiger partial charge in [0.25, 0.3) is 0 Å². The number of aliphatic carboxylic acids is 1. The lowest BCUT2D eigenvalue weighted by atomic mass is 9.69. The highest BCUT2D eigenvalue weighted by Gasteiger charge is 2.51. The summed E-state index contributed by atoms with van der Waals surface area (Å²) in [5.41, 5.74) is 11.8. The maximum absolute atomic E-state index is 13.3. The van der Waals surface area contributed by atoms with Gasteiger partial charge >= 0.3 is 5.97 Å². The van der Waals surface area contributed by atoms with Crippen molar-refractivity contribution < 1.29 is 35.4 Å². The first-order valence-electron chi connectivity index (χ1n) is 25.5. The Kier molecular flexibility index (Phi) is 16.1. The van der Waals surface area contributed by atoms with Crippen molar-refractivity contribution in [2.45, 2.75) is 140 Å². The SMILES string of the molecule is CCCCC[C@@H]1C=C[C@@H](CCCC[C@H]2CC[C@@H](c3cc(-c4ccccc4)c(-c4cc(O)cc(O)c4Cc4ccccc4)[nH]3)[C@@H]3C[C@H](Cc4ccnc(N)c4)C[C@@]3(O)CC[C@H](O)[C@H]2C(=O)O)[C@H](O)C1. The van der Waals surface area contributed by atoms with E-state index in [1.807, 2.05) is 60.7 Å². The van der Waals surface area contributed by atoms with Gasteiger partial charge in [-0.25, -0.2) is 4.98 Å². The molecule has 0 saturated heterocycles. The molecule has 2 aromatic heterocycles. The predicted molar refractivity (Wildman–Crippen MR) is 269 cm³/mol. The maximum atomic E-state index is 13.3. The van der Waals surface area contributed by atoms with Crippen LogP contribution in [-0.2, 0) is 17.6 Å². The van der Waals surface area contributed by atoms with Gasteiger partial charge in [0.2, 0.25) is 0 Å². The van der Waals surface area contributed by atoms with Crippen molar-refractivity contribution in [3.63, 3.8) is 0 Å². The molecule has 5 aromatic rings. The number of carboxylic acids is 1. The zero-order valence-corrected chi connectivity index (χ0v) is 39.7. The van der Waals surface area contributed by atoms with E-state index in [2.05, 4.69) is 47.2 Å². The van der Waals surface area contributed by atoms with Crippen molar-refractivity contribution in [3.05, 3.63) is 132 Å². The quantitative estimate of drug-likeness (QED) is 0.0331. The van der Waals surface area contributed by atoms with E-state index >= 15 is 0 Å². The van der Waals surface area contributed by atoms with Gasteiger partial charge in [0, 0.05) is 52.9 Å². The number of nitrogens with two attached hydrogens (primary N) is 1. The average molecular weight is 924 g/mol. The summed E-state index contributed by atoms with van der Waals surface area (Å²) in [5.74, 6) is -1.80. The van der Waals surface area contributed by atoms with Gasteiger partial charge in [-0.05, 0) is 135 Å². The van der Waals surface area contributed by atoms with Crippen molar-refractivity contribution >= 4 is 11.8 Å². The van der Waals surface area contributed by atoms with E-state index in [1.165, 1.54) is 25.3 Å². The molecule has 8 rings (SSSR count). The van der Waals surface area contributed by atoms with E-state index in [9.17, 15) is 35.4 Å². The second-order valence-electron chi connectivity index (χ2n) is 20.6. The van der Waals surface area contributed by atoms with Crippen molar-refractivity contribution in [1.82, 2.24) is 9.97 Å². The number of nitrogens with one attached hydrogen (secondary N) is 1. The number of fused-ring (bicyclic) bond motifs is 1. The molecule has 0 unspecified atom stereocenters. The van der Waals surface area contributed by atoms with E-state index in [-0.39, 0.29) is 60.0 Å². The number of aromatic hydroxyl groups is 2. The minimum atomic E-state index is -1.20. The molecule has 0 spiro atoms. The Morgan fingerprint density at radius 3 is 2.29 bits per heavy atom. The van der Waals surface area contributed by atoms with E-state index in [0.717, 1.165) is 65.7 Å². The molecule has 10 atom stereocenters. The number of aliphatic hydroxyl groups is 3. The van der Waals surface area contributed by atoms with Crippen LogP contribution in [0, 0.1) is 35.5 Å². The molecular weight excluding hydrogens is 851 g/mol. The van der Waals surface area contributed by atoms with Crippen LogP contribution in [0.1, 0.15) is 132 Å². The predicted octanol–water partition coefficient (Wildman–Crippen LogP) is 11.4. The van der Waals surface area contributed by atoms with Crippen LogP contribution in [-0.4, -0.2) is 64.4 Å². The van der Waals surface area contributed by atoms with Crippen LogP contribution in [0.4, 0.5) is 5.82 Å². The summed E-state index contributed by atoms with van der Waals surface area (Å²) in [6, 6.07) is 29.1. The number of phenols is 2. The van der Waals surface area contributed by atoms with Gasteiger partial charge in [0.15, 0.2) is 0 Å². The zero-order valence-electron chi connectivity index (χ0n) is 39.7. The summed E-state index contributed by atoms with van der Waals surface area (Å²) < 4.78 is 0. The molecule has 2 saturated carbocycles. The summed E-state index contributed by atoms with van der Waals surface area (Å²) in [5, 5.41) is 69.4. The molecule has 0 amide bonds. The topological polar surface area (TPSA) is 193 Å². The number of hydrogen-bond donors (Lipinski definition) is 8. The number of allylic oxidation sites excluding steroid dienone is 1. The number of benzene rings is 3. The summed E-state index contributed by atoms with van der Waals surface area (Å²) in [7, 11) is 0. The summed E-state index contributed by atoms with van der Waals surface area (Å²) >= 11 is 0. The number of unbranched alkanes of at least 4 members (excludes halogenated alkanes) is 3. The Labute approximate surface area is 402 Å². The standard InChI is InChI=1S/C58H73N3O7/c1-2-3-6-13-38-20-21-42(52(64)31-38)18-11-12-19-43-22-23-45(49-30-40(28-39-25-27-60-54(59)32-39)36-58(49,68)26-24-51(63)55(43)57(66)67)50-35-46(41-16-9-5-10-17-41)56(61-50)48-33-44(62)34-53(65)47(48)29-37-14-7-4-8-15-37/h4-5,7-10,14-17,20-21,25,27,32-35,38,40,42-43,45,49,51-52,55,61-65,68H,2-3,6,11-13,18-19,22-24,26,28-31,36H2,1H3,(H2,59,60)(H,66,67)/t38-,40+,42-,43+,45-,49+,51+,52-,55+,58+/m1/s1. The van der Waals surface area contributed by atoms with Crippen LogP contribution >= 0.6 is 0 Å². The van der Waals surface area contributed by atoms with Gasteiger partial charge in [0.1, 0.15) is 17.3 Å². The van der Waals surface area contributed by atoms with Gasteiger partial charge in [-0.15, -0.1) is 0 Å². The van der Waals surface area contributed by atoms with Crippen LogP contribution in [0.3, 0.4) is 0 Å². The van der Waals surface area contributed by atoms with Gasteiger partial charge < -0.3 is 41.4 Å². The normalized spacial score (nSPS) is 27.4. The Morgan fingerprint density at radius 1 is 0.809 bits per heavy atom. The number of pyridine rings is 1. The van der Waals surface area contributed by atoms with Crippen LogP contribution < -0.4 is 5.73 Å². The first kappa shape index (κ1) is 49.0. The minimum Gasteiger partial charge on any atom is -0.508 e. The third kappa shape index (κ3) is 11.7. The highest BCUT2D eigenvalue weighted by Crippen LogP contribution is 2.54. The molecule has 10 heteroatoms. The average Bonchev–Trinajstić information content (AvgIpc) is 3.90. The second kappa shape index (κ2) is 22.3. The molecule has 68 heavy (non-hydrogen) atoms. The number of aromatic nitrogens is 2. The van der Waals surface area contributed by atoms with Crippen LogP contribution in [0.25, 0.3) is 22.4 Å². The third-order valence-corrected chi connectivity index (χ3v) is 15.9. The van der Waals surface area contributed by atoms with Gasteiger partial charge in [-0.2, -0.15) is 0 Å². The highest BCUT2D eigenvalue weighted by atomic mass is 16.4. The molecule has 0 aliphatic heterocycles. The molecule has 3 aliphatic rings. The molecule has 3 aliphatic carbocycles. The minimum absolute atomic E-state index is 0.0100. The number of anilines is 1. The lowest BCUT2D eigenvalue weighted by Crippen LogP contribution is -2.42. The van der Waals surface area contributed by atoms with Crippen molar-refractivity contribution in [2.24, 2.45) is 35.5 Å². The fraction of sp³-hybridized carbons (Fsp3) is 0.483. The molecule has 10 nitrogen and oxygen atoms in total. The van der Waals surface area contributed by atoms with Gasteiger partial charge in [-0.1, -0.05) is 112 Å². The molecule has 0 radical (unpaired) electrons. The molecule has 9 N–H and O–H groups in total. The number of aromatic amines is 1. The number of aliphatic hydroxyl groups excluding tert-OH is 2. The van der Waals surface area contributed by atoms with E-state index in [1.54, 1.807) is 12.3 Å². The molecule has 362 valence electrons. The number of nitrogen functional groups attached to an aromatic ring is 1. The summed E-state index contributed by atoms with van der Waals surface area (Å²) in [6.07, 6.45) is 17.2. The lowest BCUT2D eigenvalue weighted by molar-refractivity contribution is -0.150. The Hall–Kier alpha value is -5.42. The monoisotopic (exact) mass is 924 g/mol. The first-order chi connectivity index (χ1) is 32.9. The lowest BCUT2D eigenvalue weighted by Gasteiger charge is -2.39. The summed E-state index contributed by atoms with van der Waals surface area (Å²) in [6.45, 7) is 2.21. The number of phenolic OH excluding ortho intramolecular Hbond substituents is 2. The van der Waals surface area contributed by atoms with E-state index < -0.39 is 23.6 Å². The molecular formula is C58H73N3O7. The second-order valence-corrected chi connectivity index (χ2v) is 20.6. The number of nitrogens with zero attached hydrogens (tertiary/aromatic N) is 1. The fourth-order valence-electron chi connectivity index (χ4n) is 12.5. The number of hydrogen-bond acceptors (Lipinski definition) is 8. The van der Waals surface area contributed by atoms with Crippen molar-refractivity contribution in [1.29, 1.82) is 0 Å². The first-order valence-corrected chi connectivity index (χ1v) is 25.5. The largest absolute Gasteiger partial charge is 0.508 e. The van der Waals surface area contributed by atoms with Crippen LogP contribution in [0.15, 0.2) is 109 Å². The van der Waals surface area contributed by atoms with Crippen molar-refractivity contribution in [3.8, 4) is 33.9 Å². The molecule has 2 heterocycles. The van der Waals surface area contributed by atoms with Gasteiger partial charge in [0.05, 0.1) is 29.4 Å². The Balaban J connectivity index is 1.15. The zero-order chi connectivity index (χ0) is 47.8. The third-order valence-electron chi connectivity index (χ3n) is 15.9. The van der Waals surface area contributed by atoms with Crippen molar-refractivity contribution in [2.75, 3.05) is 5.73 Å². The number of carboxylic acid groups (broad SMARTS) is 1. The molecule has 3 aromatic carbocycles. The van der Waals surface area contributed by atoms with Gasteiger partial charge in [-0.3, -0.25) is 4.79 Å². The molecule has 2 fully saturated rings. The number of rotatable bonds is 17. The smallest absolute Gasteiger partial charge is 0.309 e. The van der Waals surface area contributed by atoms with E-state index in [0.29, 0.717) is 67.8 Å². The Morgan fingerprint density at radius 2 is 1.56 bits per heavy atom. The number of carbonyl (C=O) groups is 1. The van der Waals surface area contributed by atoms with E-state index in [4.69, 9.17) is 5.73 Å². The molecule has 0 bridgehead atoms. The Bertz CT molecular complexity index is 2450.